The van der Waals surface area contributed by atoms with E-state index in [0.717, 1.165) is 5.56 Å². The molecule has 136 valence electrons. The minimum atomic E-state index is -0.241. The van der Waals surface area contributed by atoms with Gasteiger partial charge in [0.2, 0.25) is 0 Å². The normalized spacial score (nSPS) is 10.1. The minimum absolute atomic E-state index is 0.162. The van der Waals surface area contributed by atoms with Gasteiger partial charge in [0, 0.05) is 23.4 Å². The lowest BCUT2D eigenvalue weighted by Gasteiger charge is -2.08. The molecule has 0 spiro atoms. The van der Waals surface area contributed by atoms with Crippen LogP contribution in [-0.4, -0.2) is 18.9 Å². The van der Waals surface area contributed by atoms with E-state index in [4.69, 9.17) is 4.74 Å². The Labute approximate surface area is 158 Å². The molecule has 0 saturated heterocycles. The maximum Gasteiger partial charge on any atom is 0.255 e. The van der Waals surface area contributed by atoms with E-state index in [1.165, 1.54) is 0 Å². The van der Waals surface area contributed by atoms with Crippen LogP contribution in [0.5, 0.6) is 5.75 Å². The van der Waals surface area contributed by atoms with Crippen molar-refractivity contribution in [1.82, 2.24) is 5.32 Å². The molecule has 5 nitrogen and oxygen atoms in total. The van der Waals surface area contributed by atoms with Gasteiger partial charge >= 0.3 is 0 Å². The molecule has 5 heteroatoms. The van der Waals surface area contributed by atoms with E-state index < -0.39 is 0 Å². The number of hydrogen-bond donors (Lipinski definition) is 2. The molecule has 2 amide bonds. The number of methoxy groups -OCH3 is 1. The van der Waals surface area contributed by atoms with Gasteiger partial charge in [-0.25, -0.2) is 0 Å². The second kappa shape index (κ2) is 8.67. The topological polar surface area (TPSA) is 67.4 Å². The summed E-state index contributed by atoms with van der Waals surface area (Å²) in [6, 6.07) is 23.4. The van der Waals surface area contributed by atoms with Crippen LogP contribution in [0.2, 0.25) is 0 Å². The van der Waals surface area contributed by atoms with Gasteiger partial charge in [0.05, 0.1) is 7.11 Å². The van der Waals surface area contributed by atoms with Gasteiger partial charge in [-0.2, -0.15) is 0 Å². The van der Waals surface area contributed by atoms with Gasteiger partial charge in [-0.15, -0.1) is 0 Å². The third kappa shape index (κ3) is 4.95. The van der Waals surface area contributed by atoms with Crippen LogP contribution in [0.25, 0.3) is 0 Å². The van der Waals surface area contributed by atoms with E-state index in [1.807, 2.05) is 30.3 Å². The Kier molecular flexibility index (Phi) is 5.84. The molecule has 0 aliphatic heterocycles. The largest absolute Gasteiger partial charge is 0.497 e. The number of anilines is 1. The fraction of sp³-hybridized carbons (Fsp3) is 0.0909. The standard InChI is InChI=1S/C22H20N2O3/c1-27-20-9-5-8-18(14-20)22(26)24-19-12-10-17(11-13-19)21(25)23-15-16-6-3-2-4-7-16/h2-14H,15H2,1H3,(H,23,25)(H,24,26). The fourth-order valence-electron chi connectivity index (χ4n) is 2.55. The van der Waals surface area contributed by atoms with Crippen LogP contribution in [0.1, 0.15) is 26.3 Å². The van der Waals surface area contributed by atoms with Crippen LogP contribution in [0.4, 0.5) is 5.69 Å². The van der Waals surface area contributed by atoms with E-state index in [2.05, 4.69) is 10.6 Å². The van der Waals surface area contributed by atoms with Crippen molar-refractivity contribution in [2.45, 2.75) is 6.54 Å². The van der Waals surface area contributed by atoms with Crippen molar-refractivity contribution in [2.75, 3.05) is 12.4 Å². The Morgan fingerprint density at radius 1 is 0.815 bits per heavy atom. The summed E-state index contributed by atoms with van der Waals surface area (Å²) in [4.78, 5) is 24.5. The van der Waals surface area contributed by atoms with Crippen LogP contribution in [0.15, 0.2) is 78.9 Å². The van der Waals surface area contributed by atoms with Crippen LogP contribution >= 0.6 is 0 Å². The molecule has 0 aliphatic rings. The zero-order valence-electron chi connectivity index (χ0n) is 14.9. The quantitative estimate of drug-likeness (QED) is 0.701. The van der Waals surface area contributed by atoms with E-state index in [9.17, 15) is 9.59 Å². The smallest absolute Gasteiger partial charge is 0.255 e. The van der Waals surface area contributed by atoms with Crippen molar-refractivity contribution >= 4 is 17.5 Å². The van der Waals surface area contributed by atoms with Crippen molar-refractivity contribution in [2.24, 2.45) is 0 Å². The molecule has 0 heterocycles. The lowest BCUT2D eigenvalue weighted by molar-refractivity contribution is 0.0950. The highest BCUT2D eigenvalue weighted by molar-refractivity contribution is 6.04. The van der Waals surface area contributed by atoms with Crippen molar-refractivity contribution in [3.8, 4) is 5.75 Å². The zero-order chi connectivity index (χ0) is 19.1. The number of amides is 2. The van der Waals surface area contributed by atoms with Crippen molar-refractivity contribution in [1.29, 1.82) is 0 Å². The monoisotopic (exact) mass is 360 g/mol. The molecule has 0 fully saturated rings. The van der Waals surface area contributed by atoms with Crippen LogP contribution < -0.4 is 15.4 Å². The van der Waals surface area contributed by atoms with E-state index >= 15 is 0 Å². The molecular formula is C22H20N2O3. The van der Waals surface area contributed by atoms with Gasteiger partial charge in [-0.3, -0.25) is 9.59 Å². The first-order valence-electron chi connectivity index (χ1n) is 8.53. The molecule has 0 bridgehead atoms. The average molecular weight is 360 g/mol. The molecule has 3 aromatic carbocycles. The Balaban J connectivity index is 1.59. The third-order valence-electron chi connectivity index (χ3n) is 4.03. The van der Waals surface area contributed by atoms with Gasteiger partial charge in [0.15, 0.2) is 0 Å². The lowest BCUT2D eigenvalue weighted by atomic mass is 10.1. The summed E-state index contributed by atoms with van der Waals surface area (Å²) in [7, 11) is 1.55. The fourth-order valence-corrected chi connectivity index (χ4v) is 2.55. The first-order valence-corrected chi connectivity index (χ1v) is 8.53. The second-order valence-electron chi connectivity index (χ2n) is 5.93. The summed E-state index contributed by atoms with van der Waals surface area (Å²) in [5, 5.41) is 5.68. The number of benzene rings is 3. The van der Waals surface area contributed by atoms with Crippen LogP contribution in [-0.2, 0) is 6.54 Å². The Morgan fingerprint density at radius 3 is 2.26 bits per heavy atom. The molecule has 0 saturated carbocycles. The number of carbonyl (C=O) groups excluding carboxylic acids is 2. The first kappa shape index (κ1) is 18.2. The molecule has 0 aromatic heterocycles. The maximum atomic E-state index is 12.3. The van der Waals surface area contributed by atoms with Crippen molar-refractivity contribution in [3.05, 3.63) is 95.6 Å². The molecule has 0 atom stereocenters. The number of carbonyl (C=O) groups is 2. The molecule has 0 radical (unpaired) electrons. The number of nitrogens with one attached hydrogen (secondary N) is 2. The predicted molar refractivity (Wildman–Crippen MR) is 105 cm³/mol. The summed E-state index contributed by atoms with van der Waals surface area (Å²) < 4.78 is 5.13. The molecule has 0 unspecified atom stereocenters. The highest BCUT2D eigenvalue weighted by Gasteiger charge is 2.09. The average Bonchev–Trinajstić information content (AvgIpc) is 2.73. The van der Waals surface area contributed by atoms with Gasteiger partial charge in [0.1, 0.15) is 5.75 Å². The second-order valence-corrected chi connectivity index (χ2v) is 5.93. The Hall–Kier alpha value is -3.60. The molecular weight excluding hydrogens is 340 g/mol. The highest BCUT2D eigenvalue weighted by atomic mass is 16.5. The van der Waals surface area contributed by atoms with Crippen LogP contribution in [0.3, 0.4) is 0 Å². The predicted octanol–water partition coefficient (Wildman–Crippen LogP) is 3.88. The summed E-state index contributed by atoms with van der Waals surface area (Å²) in [6.45, 7) is 0.466. The Morgan fingerprint density at radius 2 is 1.56 bits per heavy atom. The van der Waals surface area contributed by atoms with Gasteiger partial charge in [0.25, 0.3) is 11.8 Å². The summed E-state index contributed by atoms with van der Waals surface area (Å²) in [6.07, 6.45) is 0. The molecule has 0 aliphatic carbocycles. The third-order valence-corrected chi connectivity index (χ3v) is 4.03. The zero-order valence-corrected chi connectivity index (χ0v) is 14.9. The number of hydrogen-bond acceptors (Lipinski definition) is 3. The number of ether oxygens (including phenoxy) is 1. The van der Waals surface area contributed by atoms with Gasteiger partial charge in [-0.1, -0.05) is 36.4 Å². The van der Waals surface area contributed by atoms with Crippen molar-refractivity contribution < 1.29 is 14.3 Å². The van der Waals surface area contributed by atoms with Gasteiger partial charge in [-0.05, 0) is 48.0 Å². The maximum absolute atomic E-state index is 12.3. The van der Waals surface area contributed by atoms with Gasteiger partial charge < -0.3 is 15.4 Å². The van der Waals surface area contributed by atoms with Crippen molar-refractivity contribution in [3.63, 3.8) is 0 Å². The lowest BCUT2D eigenvalue weighted by Crippen LogP contribution is -2.22. The first-order chi connectivity index (χ1) is 13.2. The molecule has 27 heavy (non-hydrogen) atoms. The molecule has 3 rings (SSSR count). The summed E-state index contributed by atoms with van der Waals surface area (Å²) in [5.74, 6) is 0.216. The highest BCUT2D eigenvalue weighted by Crippen LogP contribution is 2.15. The summed E-state index contributed by atoms with van der Waals surface area (Å²) >= 11 is 0. The Bertz CT molecular complexity index is 922. The number of rotatable bonds is 6. The summed E-state index contributed by atoms with van der Waals surface area (Å²) in [5.41, 5.74) is 2.68. The molecule has 2 N–H and O–H groups in total. The van der Waals surface area contributed by atoms with E-state index in [0.29, 0.717) is 29.1 Å². The van der Waals surface area contributed by atoms with E-state index in [1.54, 1.807) is 55.6 Å². The molecule has 3 aromatic rings. The SMILES string of the molecule is COc1cccc(C(=O)Nc2ccc(C(=O)NCc3ccccc3)cc2)c1. The van der Waals surface area contributed by atoms with E-state index in [-0.39, 0.29) is 11.8 Å². The minimum Gasteiger partial charge on any atom is -0.497 e. The van der Waals surface area contributed by atoms with Crippen LogP contribution in [0, 0.1) is 0 Å².